The molecule has 1 aromatic carbocycles. The maximum Gasteiger partial charge on any atom is 0.255 e. The summed E-state index contributed by atoms with van der Waals surface area (Å²) in [5.41, 5.74) is 0.662. The first kappa shape index (κ1) is 15.5. The molecule has 1 aromatic rings. The summed E-state index contributed by atoms with van der Waals surface area (Å²) in [6, 6.07) is 5.47. The fraction of sp³-hybridized carbons (Fsp3) is 0.462. The Hall–Kier alpha value is 0.150. The van der Waals surface area contributed by atoms with Crippen molar-refractivity contribution in [2.24, 2.45) is 0 Å². The third-order valence-corrected chi connectivity index (χ3v) is 5.00. The number of amides is 1. The van der Waals surface area contributed by atoms with Gasteiger partial charge in [-0.2, -0.15) is 0 Å². The molecule has 1 aliphatic heterocycles. The molecule has 104 valence electrons. The molecule has 1 heterocycles. The predicted octanol–water partition coefficient (Wildman–Crippen LogP) is 3.57. The lowest BCUT2D eigenvalue weighted by Gasteiger charge is -2.37. The fourth-order valence-electron chi connectivity index (χ4n) is 2.01. The lowest BCUT2D eigenvalue weighted by atomic mass is 10.1. The molecule has 0 N–H and O–H groups in total. The van der Waals surface area contributed by atoms with Crippen LogP contribution in [-0.4, -0.2) is 41.4 Å². The summed E-state index contributed by atoms with van der Waals surface area (Å²) in [4.78, 5) is 14.5. The van der Waals surface area contributed by atoms with Gasteiger partial charge in [-0.05, 0) is 47.7 Å². The normalized spacial score (nSPS) is 23.5. The van der Waals surface area contributed by atoms with Gasteiger partial charge in [-0.15, -0.1) is 0 Å². The molecule has 6 heteroatoms. The molecule has 0 bridgehead atoms. The van der Waals surface area contributed by atoms with Gasteiger partial charge in [-0.25, -0.2) is 0 Å². The van der Waals surface area contributed by atoms with Crippen LogP contribution in [0.2, 0.25) is 5.02 Å². The average Bonchev–Trinajstić information content (AvgIpc) is 2.41. The second-order valence-electron chi connectivity index (χ2n) is 4.54. The van der Waals surface area contributed by atoms with E-state index in [2.05, 4.69) is 38.5 Å². The zero-order valence-corrected chi connectivity index (χ0v) is 14.9. The largest absolute Gasteiger partial charge is 0.373 e. The van der Waals surface area contributed by atoms with E-state index in [4.69, 9.17) is 16.3 Å². The molecule has 0 spiro atoms. The van der Waals surface area contributed by atoms with Crippen LogP contribution in [0.5, 0.6) is 0 Å². The van der Waals surface area contributed by atoms with Crippen LogP contribution in [0.1, 0.15) is 17.3 Å². The van der Waals surface area contributed by atoms with Crippen molar-refractivity contribution in [1.29, 1.82) is 0 Å². The lowest BCUT2D eigenvalue weighted by Crippen LogP contribution is -2.51. The number of morpholine rings is 1. The van der Waals surface area contributed by atoms with Crippen molar-refractivity contribution in [3.8, 4) is 0 Å². The van der Waals surface area contributed by atoms with Crippen LogP contribution in [0.15, 0.2) is 18.2 Å². The summed E-state index contributed by atoms with van der Waals surface area (Å²) in [5.74, 6) is 0.0219. The molecule has 2 rings (SSSR count). The predicted molar refractivity (Wildman–Crippen MR) is 88.2 cm³/mol. The van der Waals surface area contributed by atoms with E-state index in [1.165, 1.54) is 0 Å². The molecule has 0 aliphatic carbocycles. The van der Waals surface area contributed by atoms with Crippen LogP contribution < -0.4 is 0 Å². The maximum absolute atomic E-state index is 12.6. The van der Waals surface area contributed by atoms with E-state index in [0.29, 0.717) is 23.7 Å². The molecule has 2 atom stereocenters. The van der Waals surface area contributed by atoms with E-state index in [0.717, 1.165) is 8.90 Å². The number of halogens is 3. The van der Waals surface area contributed by atoms with Crippen molar-refractivity contribution in [1.82, 2.24) is 4.90 Å². The minimum Gasteiger partial charge on any atom is -0.373 e. The Kier molecular flexibility index (Phi) is 5.51. The van der Waals surface area contributed by atoms with Gasteiger partial charge in [0.1, 0.15) is 0 Å². The van der Waals surface area contributed by atoms with Crippen LogP contribution >= 0.6 is 50.1 Å². The monoisotopic (exact) mass is 457 g/mol. The number of hydrogen-bond acceptors (Lipinski definition) is 2. The Bertz CT molecular complexity index is 486. The molecule has 3 nitrogen and oxygen atoms in total. The Labute approximate surface area is 139 Å². The van der Waals surface area contributed by atoms with E-state index >= 15 is 0 Å². The number of nitrogens with zero attached hydrogens (tertiary/aromatic N) is 1. The molecule has 1 aliphatic rings. The van der Waals surface area contributed by atoms with Gasteiger partial charge in [-0.1, -0.05) is 27.5 Å². The molecule has 2 unspecified atom stereocenters. The number of hydrogen-bond donors (Lipinski definition) is 0. The summed E-state index contributed by atoms with van der Waals surface area (Å²) in [7, 11) is 0. The van der Waals surface area contributed by atoms with Crippen molar-refractivity contribution >= 4 is 56.0 Å². The number of carbonyl (C=O) groups excluding carboxylic acids is 1. The third kappa shape index (κ3) is 3.62. The Morgan fingerprint density at radius 2 is 2.37 bits per heavy atom. The summed E-state index contributed by atoms with van der Waals surface area (Å²) < 4.78 is 6.56. The van der Waals surface area contributed by atoms with Gasteiger partial charge < -0.3 is 9.64 Å². The molecule has 1 saturated heterocycles. The Balaban J connectivity index is 2.24. The number of alkyl halides is 1. The SMILES string of the molecule is CC1COC(CBr)CN1C(=O)c1cc(Cl)ccc1I. The van der Waals surface area contributed by atoms with Gasteiger partial charge in [0.15, 0.2) is 0 Å². The van der Waals surface area contributed by atoms with E-state index < -0.39 is 0 Å². The minimum atomic E-state index is 0.0219. The summed E-state index contributed by atoms with van der Waals surface area (Å²) in [5, 5.41) is 1.32. The zero-order chi connectivity index (χ0) is 14.0. The quantitative estimate of drug-likeness (QED) is 0.501. The van der Waals surface area contributed by atoms with Crippen molar-refractivity contribution in [3.63, 3.8) is 0 Å². The second kappa shape index (κ2) is 6.74. The van der Waals surface area contributed by atoms with Gasteiger partial charge in [0.2, 0.25) is 0 Å². The number of benzene rings is 1. The minimum absolute atomic E-state index is 0.0219. The number of ether oxygens (including phenoxy) is 1. The van der Waals surface area contributed by atoms with Crippen molar-refractivity contribution in [2.45, 2.75) is 19.1 Å². The van der Waals surface area contributed by atoms with Crippen molar-refractivity contribution in [2.75, 3.05) is 18.5 Å². The van der Waals surface area contributed by atoms with Gasteiger partial charge in [0.05, 0.1) is 24.3 Å². The van der Waals surface area contributed by atoms with Crippen molar-refractivity contribution < 1.29 is 9.53 Å². The molecular formula is C13H14BrClINO2. The van der Waals surface area contributed by atoms with Crippen LogP contribution in [-0.2, 0) is 4.74 Å². The highest BCUT2D eigenvalue weighted by atomic mass is 127. The fourth-order valence-corrected chi connectivity index (χ4v) is 3.14. The molecule has 19 heavy (non-hydrogen) atoms. The number of rotatable bonds is 2. The first-order valence-electron chi connectivity index (χ1n) is 5.96. The first-order valence-corrected chi connectivity index (χ1v) is 8.54. The van der Waals surface area contributed by atoms with E-state index in [-0.39, 0.29) is 18.1 Å². The second-order valence-corrected chi connectivity index (χ2v) is 6.79. The summed E-state index contributed by atoms with van der Waals surface area (Å²) >= 11 is 11.6. The van der Waals surface area contributed by atoms with Gasteiger partial charge in [0, 0.05) is 20.5 Å². The molecule has 1 amide bonds. The van der Waals surface area contributed by atoms with E-state index in [1.807, 2.05) is 17.9 Å². The van der Waals surface area contributed by atoms with Gasteiger partial charge in [-0.3, -0.25) is 4.79 Å². The highest BCUT2D eigenvalue weighted by Gasteiger charge is 2.30. The van der Waals surface area contributed by atoms with Crippen LogP contribution in [0.4, 0.5) is 0 Å². The topological polar surface area (TPSA) is 29.5 Å². The third-order valence-electron chi connectivity index (χ3n) is 3.10. The highest BCUT2D eigenvalue weighted by molar-refractivity contribution is 14.1. The number of carbonyl (C=O) groups is 1. The average molecular weight is 459 g/mol. The summed E-state index contributed by atoms with van der Waals surface area (Å²) in [6.45, 7) is 3.17. The van der Waals surface area contributed by atoms with E-state index in [1.54, 1.807) is 12.1 Å². The van der Waals surface area contributed by atoms with Gasteiger partial charge in [0.25, 0.3) is 5.91 Å². The van der Waals surface area contributed by atoms with Crippen LogP contribution in [0.3, 0.4) is 0 Å². The molecule has 0 aromatic heterocycles. The smallest absolute Gasteiger partial charge is 0.255 e. The first-order chi connectivity index (χ1) is 9.02. The molecule has 1 fully saturated rings. The summed E-state index contributed by atoms with van der Waals surface area (Å²) in [6.07, 6.45) is 0.0528. The Morgan fingerprint density at radius 1 is 1.63 bits per heavy atom. The molecular weight excluding hydrogens is 444 g/mol. The standard InChI is InChI=1S/C13H14BrClINO2/c1-8-7-19-10(5-14)6-17(8)13(18)11-4-9(15)2-3-12(11)16/h2-4,8,10H,5-7H2,1H3. The van der Waals surface area contributed by atoms with Crippen molar-refractivity contribution in [3.05, 3.63) is 32.4 Å². The lowest BCUT2D eigenvalue weighted by molar-refractivity contribution is -0.0361. The van der Waals surface area contributed by atoms with Crippen LogP contribution in [0, 0.1) is 3.57 Å². The Morgan fingerprint density at radius 3 is 3.05 bits per heavy atom. The highest BCUT2D eigenvalue weighted by Crippen LogP contribution is 2.22. The zero-order valence-electron chi connectivity index (χ0n) is 10.4. The molecule has 0 radical (unpaired) electrons. The molecule has 0 saturated carbocycles. The maximum atomic E-state index is 12.6. The van der Waals surface area contributed by atoms with E-state index in [9.17, 15) is 4.79 Å². The van der Waals surface area contributed by atoms with Gasteiger partial charge >= 0.3 is 0 Å². The van der Waals surface area contributed by atoms with Crippen LogP contribution in [0.25, 0.3) is 0 Å².